The summed E-state index contributed by atoms with van der Waals surface area (Å²) in [5, 5.41) is 3.45. The van der Waals surface area contributed by atoms with Crippen LogP contribution in [-0.4, -0.2) is 25.6 Å². The first kappa shape index (κ1) is 23.8. The first-order valence-corrected chi connectivity index (χ1v) is 11.7. The number of benzene rings is 1. The standard InChI is InChI=1S/C26H25F3N6O/c1-14(17-6-4-7-18(22(17)27)23(28)29)31-24-20-12-19(16-8-9-21(36)34(3)13-16)25-30-10-5-11-35(25)26(20)33-15(2)32-24/h4,6-9,12-14,23,30H,5,10-11H2,1-3H3/t14-/m1/s1. The number of fused-ring (bicyclic) bond motifs is 3. The summed E-state index contributed by atoms with van der Waals surface area (Å²) >= 11 is 0. The van der Waals surface area contributed by atoms with Crippen molar-refractivity contribution >= 4 is 5.82 Å². The number of hydrogen-bond acceptors (Lipinski definition) is 5. The lowest BCUT2D eigenvalue weighted by Gasteiger charge is -2.28. The van der Waals surface area contributed by atoms with Gasteiger partial charge in [0.1, 0.15) is 23.3 Å². The Morgan fingerprint density at radius 3 is 2.64 bits per heavy atom. The molecule has 1 N–H and O–H groups in total. The molecule has 2 aromatic rings. The molecular formula is C26H25F3N6O. The van der Waals surface area contributed by atoms with Crippen LogP contribution < -0.4 is 16.4 Å². The lowest BCUT2D eigenvalue weighted by atomic mass is 10.0. The van der Waals surface area contributed by atoms with Gasteiger partial charge in [-0.3, -0.25) is 9.79 Å². The third-order valence-electron chi connectivity index (χ3n) is 6.39. The SMILES string of the molecule is Cc1nc2n3c(c(-c4ccc(=O)n(C)c4)cc-2c(=N[C@H](C)c2cccc(C(F)F)c2F)n1)NCCC3. The molecule has 1 aromatic carbocycles. The second-order valence-corrected chi connectivity index (χ2v) is 8.89. The zero-order chi connectivity index (χ0) is 25.6. The Bertz CT molecular complexity index is 1560. The molecule has 0 radical (unpaired) electrons. The van der Waals surface area contributed by atoms with Crippen molar-refractivity contribution in [2.75, 3.05) is 11.9 Å². The number of hydrogen-bond donors (Lipinski definition) is 1. The van der Waals surface area contributed by atoms with Gasteiger partial charge in [0.15, 0.2) is 5.49 Å². The maximum atomic E-state index is 14.8. The fourth-order valence-electron chi connectivity index (χ4n) is 4.59. The maximum absolute atomic E-state index is 14.8. The van der Waals surface area contributed by atoms with E-state index in [0.29, 0.717) is 22.7 Å². The first-order chi connectivity index (χ1) is 17.2. The number of nitrogens with zero attached hydrogens (tertiary/aromatic N) is 5. The van der Waals surface area contributed by atoms with Gasteiger partial charge in [0.25, 0.3) is 6.43 Å². The number of aromatic nitrogens is 4. The average molecular weight is 495 g/mol. The molecular weight excluding hydrogens is 469 g/mol. The first-order valence-electron chi connectivity index (χ1n) is 11.7. The Kier molecular flexibility index (Phi) is 6.11. The molecule has 10 heteroatoms. The summed E-state index contributed by atoms with van der Waals surface area (Å²) in [6, 6.07) is 8.37. The quantitative estimate of drug-likeness (QED) is 0.450. The number of anilines is 1. The molecule has 0 fully saturated rings. The molecule has 5 rings (SSSR count). The molecule has 0 saturated heterocycles. The lowest BCUT2D eigenvalue weighted by molar-refractivity contribution is 0.146. The number of rotatable bonds is 4. The van der Waals surface area contributed by atoms with Gasteiger partial charge in [0.2, 0.25) is 5.56 Å². The van der Waals surface area contributed by atoms with Crippen LogP contribution in [0.5, 0.6) is 0 Å². The Morgan fingerprint density at radius 1 is 1.11 bits per heavy atom. The minimum Gasteiger partial charge on any atom is -0.371 e. The van der Waals surface area contributed by atoms with Gasteiger partial charge in [-0.25, -0.2) is 23.1 Å². The van der Waals surface area contributed by atoms with Crippen LogP contribution in [0.4, 0.5) is 19.0 Å². The van der Waals surface area contributed by atoms with Crippen molar-refractivity contribution < 1.29 is 13.2 Å². The minimum absolute atomic E-state index is 0.0720. The van der Waals surface area contributed by atoms with Crippen molar-refractivity contribution in [2.24, 2.45) is 12.0 Å². The van der Waals surface area contributed by atoms with Crippen LogP contribution in [0.1, 0.15) is 42.8 Å². The number of halogens is 3. The van der Waals surface area contributed by atoms with E-state index < -0.39 is 23.8 Å². The summed E-state index contributed by atoms with van der Waals surface area (Å²) < 4.78 is 44.9. The summed E-state index contributed by atoms with van der Waals surface area (Å²) in [7, 11) is 1.69. The second kappa shape index (κ2) is 9.25. The molecule has 4 heterocycles. The Balaban J connectivity index is 1.75. The zero-order valence-electron chi connectivity index (χ0n) is 20.1. The number of alkyl halides is 2. The van der Waals surface area contributed by atoms with E-state index >= 15 is 0 Å². The van der Waals surface area contributed by atoms with Gasteiger partial charge >= 0.3 is 0 Å². The third-order valence-corrected chi connectivity index (χ3v) is 6.39. The lowest BCUT2D eigenvalue weighted by Crippen LogP contribution is -2.27. The molecule has 1 aromatic heterocycles. The Hall–Kier alpha value is -3.95. The zero-order valence-corrected chi connectivity index (χ0v) is 20.1. The van der Waals surface area contributed by atoms with Crippen molar-refractivity contribution in [2.45, 2.75) is 39.3 Å². The van der Waals surface area contributed by atoms with Crippen LogP contribution in [0.15, 0.2) is 52.4 Å². The minimum atomic E-state index is -2.92. The van der Waals surface area contributed by atoms with Crippen molar-refractivity contribution in [3.8, 4) is 22.5 Å². The van der Waals surface area contributed by atoms with E-state index in [1.165, 1.54) is 22.8 Å². The molecule has 0 bridgehead atoms. The number of aryl methyl sites for hydroxylation is 2. The topological polar surface area (TPSA) is 77.1 Å². The second-order valence-electron chi connectivity index (χ2n) is 8.89. The van der Waals surface area contributed by atoms with Crippen LogP contribution in [0.2, 0.25) is 0 Å². The van der Waals surface area contributed by atoms with Gasteiger partial charge < -0.3 is 14.5 Å². The fourth-order valence-corrected chi connectivity index (χ4v) is 4.59. The van der Waals surface area contributed by atoms with E-state index in [2.05, 4.69) is 24.8 Å². The van der Waals surface area contributed by atoms with Gasteiger partial charge in [-0.2, -0.15) is 0 Å². The summed E-state index contributed by atoms with van der Waals surface area (Å²) in [5.41, 5.74) is 1.97. The molecule has 3 aliphatic heterocycles. The average Bonchev–Trinajstić information content (AvgIpc) is 2.85. The maximum Gasteiger partial charge on any atom is 0.266 e. The van der Waals surface area contributed by atoms with Crippen LogP contribution in [-0.2, 0) is 13.6 Å². The van der Waals surface area contributed by atoms with Crippen molar-refractivity contribution in [1.82, 2.24) is 19.1 Å². The van der Waals surface area contributed by atoms with E-state index in [-0.39, 0.29) is 11.1 Å². The Labute approximate surface area is 205 Å². The van der Waals surface area contributed by atoms with E-state index in [0.717, 1.165) is 42.5 Å². The number of pyridine rings is 2. The summed E-state index contributed by atoms with van der Waals surface area (Å²) in [5.74, 6) is 1.08. The molecule has 186 valence electrons. The molecule has 0 unspecified atom stereocenters. The van der Waals surface area contributed by atoms with E-state index in [4.69, 9.17) is 0 Å². The molecule has 7 nitrogen and oxygen atoms in total. The van der Waals surface area contributed by atoms with Crippen LogP contribution >= 0.6 is 0 Å². The van der Waals surface area contributed by atoms with Gasteiger partial charge in [-0.15, -0.1) is 0 Å². The molecule has 3 aliphatic rings. The Morgan fingerprint density at radius 2 is 1.89 bits per heavy atom. The predicted molar refractivity (Wildman–Crippen MR) is 130 cm³/mol. The van der Waals surface area contributed by atoms with Gasteiger partial charge in [-0.05, 0) is 32.4 Å². The fraction of sp³-hybridized carbons (Fsp3) is 0.308. The van der Waals surface area contributed by atoms with Crippen molar-refractivity contribution in [3.63, 3.8) is 0 Å². The molecule has 0 saturated carbocycles. The van der Waals surface area contributed by atoms with Crippen LogP contribution in [0.3, 0.4) is 0 Å². The molecule has 0 aliphatic carbocycles. The summed E-state index contributed by atoms with van der Waals surface area (Å²) in [4.78, 5) is 25.9. The van der Waals surface area contributed by atoms with Crippen molar-refractivity contribution in [1.29, 1.82) is 0 Å². The highest BCUT2D eigenvalue weighted by Crippen LogP contribution is 2.35. The molecule has 0 spiro atoms. The largest absolute Gasteiger partial charge is 0.371 e. The highest BCUT2D eigenvalue weighted by Gasteiger charge is 2.24. The molecule has 0 amide bonds. The molecule has 36 heavy (non-hydrogen) atoms. The smallest absolute Gasteiger partial charge is 0.266 e. The predicted octanol–water partition coefficient (Wildman–Crippen LogP) is 4.61. The number of nitrogens with one attached hydrogen (secondary N) is 1. The van der Waals surface area contributed by atoms with Crippen LogP contribution in [0.25, 0.3) is 22.5 Å². The highest BCUT2D eigenvalue weighted by atomic mass is 19.3. The third kappa shape index (κ3) is 4.16. The van der Waals surface area contributed by atoms with Gasteiger partial charge in [0.05, 0.1) is 17.2 Å². The van der Waals surface area contributed by atoms with E-state index in [1.54, 1.807) is 33.2 Å². The molecule has 1 atom stereocenters. The van der Waals surface area contributed by atoms with E-state index in [1.807, 2.05) is 6.07 Å². The normalized spacial score (nSPS) is 14.7. The van der Waals surface area contributed by atoms with Gasteiger partial charge in [0, 0.05) is 49.1 Å². The van der Waals surface area contributed by atoms with E-state index in [9.17, 15) is 18.0 Å². The monoisotopic (exact) mass is 494 g/mol. The summed E-state index contributed by atoms with van der Waals surface area (Å²) in [6.45, 7) is 4.92. The summed E-state index contributed by atoms with van der Waals surface area (Å²) in [6.07, 6.45) is -0.263. The van der Waals surface area contributed by atoms with Crippen molar-refractivity contribution in [3.05, 3.63) is 81.2 Å². The highest BCUT2D eigenvalue weighted by molar-refractivity contribution is 5.81. The van der Waals surface area contributed by atoms with Gasteiger partial charge in [-0.1, -0.05) is 18.2 Å². The van der Waals surface area contributed by atoms with Crippen LogP contribution in [0, 0.1) is 12.7 Å².